The molecule has 4 aromatic rings. The second-order valence-corrected chi connectivity index (χ2v) is 8.85. The molecule has 188 valence electrons. The molecule has 0 saturated carbocycles. The van der Waals surface area contributed by atoms with Gasteiger partial charge < -0.3 is 20.2 Å². The molecule has 2 atom stereocenters. The van der Waals surface area contributed by atoms with Crippen LogP contribution in [0.2, 0.25) is 0 Å². The third-order valence-corrected chi connectivity index (χ3v) is 6.00. The van der Waals surface area contributed by atoms with Crippen molar-refractivity contribution in [1.29, 1.82) is 0 Å². The Kier molecular flexibility index (Phi) is 8.07. The molecule has 0 aliphatic rings. The molecule has 6 nitrogen and oxygen atoms in total. The molecular formula is C28H29F2N3O3. The summed E-state index contributed by atoms with van der Waals surface area (Å²) in [4.78, 5) is 17.3. The number of aryl methyl sites for hydroxylation is 2. The average Bonchev–Trinajstić information content (AvgIpc) is 3.22. The molecule has 1 heterocycles. The number of nitrogens with one attached hydrogen (secondary N) is 2. The van der Waals surface area contributed by atoms with Gasteiger partial charge in [0.1, 0.15) is 17.2 Å². The Hall–Kier alpha value is -3.62. The minimum atomic E-state index is -1.02. The smallest absolute Gasteiger partial charge is 0.251 e. The number of carbonyl (C=O) groups excluding carboxylic acids is 1. The van der Waals surface area contributed by atoms with Gasteiger partial charge in [0.25, 0.3) is 5.91 Å². The molecular weight excluding hydrogens is 464 g/mol. The molecule has 8 heteroatoms. The minimum absolute atomic E-state index is 0.0416. The summed E-state index contributed by atoms with van der Waals surface area (Å²) in [7, 11) is 0. The molecule has 0 spiro atoms. The first-order valence-electron chi connectivity index (χ1n) is 11.9. The Balaban J connectivity index is 1.48. The van der Waals surface area contributed by atoms with Crippen molar-refractivity contribution in [3.05, 3.63) is 100 Å². The Bertz CT molecular complexity index is 1330. The van der Waals surface area contributed by atoms with Gasteiger partial charge in [-0.15, -0.1) is 0 Å². The summed E-state index contributed by atoms with van der Waals surface area (Å²) in [5.74, 6) is -1.38. The number of halogens is 2. The lowest BCUT2D eigenvalue weighted by Crippen LogP contribution is -2.48. The maximum atomic E-state index is 13.8. The van der Waals surface area contributed by atoms with E-state index in [1.807, 2.05) is 12.1 Å². The number of fused-ring (bicyclic) bond motifs is 1. The average molecular weight is 494 g/mol. The topological polar surface area (TPSA) is 87.4 Å². The zero-order valence-corrected chi connectivity index (χ0v) is 20.2. The van der Waals surface area contributed by atoms with Gasteiger partial charge in [0.15, 0.2) is 11.5 Å². The third kappa shape index (κ3) is 6.53. The fourth-order valence-corrected chi connectivity index (χ4v) is 4.17. The van der Waals surface area contributed by atoms with Crippen LogP contribution < -0.4 is 10.6 Å². The number of oxazole rings is 1. The van der Waals surface area contributed by atoms with E-state index in [4.69, 9.17) is 4.42 Å². The summed E-state index contributed by atoms with van der Waals surface area (Å²) in [5, 5.41) is 17.0. The summed E-state index contributed by atoms with van der Waals surface area (Å²) in [5.41, 5.74) is 4.06. The van der Waals surface area contributed by atoms with E-state index in [-0.39, 0.29) is 13.0 Å². The lowest BCUT2D eigenvalue weighted by Gasteiger charge is -2.25. The fraction of sp³-hybridized carbons (Fsp3) is 0.286. The van der Waals surface area contributed by atoms with Gasteiger partial charge in [-0.05, 0) is 59.9 Å². The van der Waals surface area contributed by atoms with Crippen molar-refractivity contribution in [2.45, 2.75) is 45.4 Å². The van der Waals surface area contributed by atoms with E-state index in [2.05, 4.69) is 34.7 Å². The molecule has 1 amide bonds. The van der Waals surface area contributed by atoms with E-state index in [9.17, 15) is 18.7 Å². The normalized spacial score (nSPS) is 13.0. The molecule has 0 saturated heterocycles. The number of amides is 1. The highest BCUT2D eigenvalue weighted by molar-refractivity contribution is 5.97. The zero-order chi connectivity index (χ0) is 25.7. The first kappa shape index (κ1) is 25.5. The van der Waals surface area contributed by atoms with Gasteiger partial charge in [0.05, 0.1) is 12.1 Å². The molecule has 3 N–H and O–H groups in total. The number of aliphatic hydroxyl groups excluding tert-OH is 1. The van der Waals surface area contributed by atoms with Crippen molar-refractivity contribution in [3.63, 3.8) is 0 Å². The molecule has 0 bridgehead atoms. The van der Waals surface area contributed by atoms with Crippen molar-refractivity contribution in [2.24, 2.45) is 0 Å². The van der Waals surface area contributed by atoms with Crippen LogP contribution in [0.3, 0.4) is 0 Å². The highest BCUT2D eigenvalue weighted by atomic mass is 19.1. The van der Waals surface area contributed by atoms with Crippen LogP contribution in [0.15, 0.2) is 65.1 Å². The van der Waals surface area contributed by atoms with Gasteiger partial charge in [0.2, 0.25) is 0 Å². The van der Waals surface area contributed by atoms with Crippen LogP contribution in [-0.4, -0.2) is 34.7 Å². The predicted molar refractivity (Wildman–Crippen MR) is 134 cm³/mol. The molecule has 4 rings (SSSR count). The highest BCUT2D eigenvalue weighted by Gasteiger charge is 2.23. The molecule has 0 aliphatic heterocycles. The predicted octanol–water partition coefficient (Wildman–Crippen LogP) is 4.47. The molecule has 36 heavy (non-hydrogen) atoms. The second kappa shape index (κ2) is 11.4. The van der Waals surface area contributed by atoms with Crippen LogP contribution in [0, 0.1) is 18.6 Å². The van der Waals surface area contributed by atoms with Crippen molar-refractivity contribution >= 4 is 17.0 Å². The molecule has 0 fully saturated rings. The first-order valence-corrected chi connectivity index (χ1v) is 11.9. The van der Waals surface area contributed by atoms with Crippen molar-refractivity contribution < 1.29 is 23.1 Å². The lowest BCUT2D eigenvalue weighted by atomic mass is 10.00. The number of nitrogens with zero attached hydrogens (tertiary/aromatic N) is 1. The molecule has 2 unspecified atom stereocenters. The summed E-state index contributed by atoms with van der Waals surface area (Å²) in [6.07, 6.45) is -0.0541. The van der Waals surface area contributed by atoms with Gasteiger partial charge in [-0.2, -0.15) is 0 Å². The minimum Gasteiger partial charge on any atom is -0.441 e. The van der Waals surface area contributed by atoms with Crippen LogP contribution >= 0.6 is 0 Å². The number of aliphatic hydroxyl groups is 1. The number of hydrogen-bond donors (Lipinski definition) is 3. The van der Waals surface area contributed by atoms with Crippen LogP contribution in [0.4, 0.5) is 8.78 Å². The summed E-state index contributed by atoms with van der Waals surface area (Å²) >= 11 is 0. The Morgan fingerprint density at radius 1 is 1.03 bits per heavy atom. The monoisotopic (exact) mass is 493 g/mol. The fourth-order valence-electron chi connectivity index (χ4n) is 4.17. The molecule has 1 aromatic heterocycles. The number of benzene rings is 3. The number of hydrogen-bond acceptors (Lipinski definition) is 5. The first-order chi connectivity index (χ1) is 17.3. The van der Waals surface area contributed by atoms with Crippen molar-refractivity contribution in [1.82, 2.24) is 15.6 Å². The zero-order valence-electron chi connectivity index (χ0n) is 20.2. The van der Waals surface area contributed by atoms with Crippen LogP contribution in [0.5, 0.6) is 0 Å². The number of rotatable bonds is 10. The van der Waals surface area contributed by atoms with E-state index < -0.39 is 29.7 Å². The summed E-state index contributed by atoms with van der Waals surface area (Å²) in [6, 6.07) is 15.4. The van der Waals surface area contributed by atoms with E-state index in [0.717, 1.165) is 18.1 Å². The third-order valence-electron chi connectivity index (χ3n) is 6.00. The summed E-state index contributed by atoms with van der Waals surface area (Å²) < 4.78 is 33.0. The lowest BCUT2D eigenvalue weighted by molar-refractivity contribution is 0.0830. The maximum absolute atomic E-state index is 13.8. The van der Waals surface area contributed by atoms with Gasteiger partial charge in [0, 0.05) is 31.6 Å². The van der Waals surface area contributed by atoms with Crippen LogP contribution in [0.1, 0.15) is 39.9 Å². The Labute approximate surface area is 208 Å². The molecule has 0 radical (unpaired) electrons. The summed E-state index contributed by atoms with van der Waals surface area (Å²) in [6.45, 7) is 4.50. The van der Waals surface area contributed by atoms with Gasteiger partial charge in [-0.25, -0.2) is 13.8 Å². The van der Waals surface area contributed by atoms with Gasteiger partial charge in [-0.3, -0.25) is 4.79 Å². The Morgan fingerprint density at radius 3 is 2.53 bits per heavy atom. The Morgan fingerprint density at radius 2 is 1.78 bits per heavy atom. The van der Waals surface area contributed by atoms with Crippen LogP contribution in [-0.2, 0) is 19.4 Å². The van der Waals surface area contributed by atoms with E-state index >= 15 is 0 Å². The molecule has 0 aliphatic carbocycles. The number of aromatic nitrogens is 1. The quantitative estimate of drug-likeness (QED) is 0.304. The van der Waals surface area contributed by atoms with E-state index in [1.165, 1.54) is 17.7 Å². The second-order valence-electron chi connectivity index (χ2n) is 8.85. The van der Waals surface area contributed by atoms with E-state index in [0.29, 0.717) is 34.7 Å². The van der Waals surface area contributed by atoms with Crippen LogP contribution in [0.25, 0.3) is 11.1 Å². The maximum Gasteiger partial charge on any atom is 0.251 e. The highest BCUT2D eigenvalue weighted by Crippen LogP contribution is 2.18. The largest absolute Gasteiger partial charge is 0.441 e. The molecule has 3 aromatic carbocycles. The van der Waals surface area contributed by atoms with Crippen molar-refractivity contribution in [2.75, 3.05) is 6.54 Å². The van der Waals surface area contributed by atoms with Crippen molar-refractivity contribution in [3.8, 4) is 0 Å². The van der Waals surface area contributed by atoms with E-state index in [1.54, 1.807) is 25.1 Å². The standard InChI is InChI=1S/C28H29F2N3O3/c1-3-18-5-4-6-19(9-18)15-31-16-26(34)24(12-20-10-22(29)14-23(30)11-20)33-28(35)21-7-8-27-25(13-21)32-17(2)36-27/h4-11,13-14,24,26,31,34H,3,12,15-16H2,1-2H3,(H,33,35). The SMILES string of the molecule is CCc1cccc(CNCC(O)C(Cc2cc(F)cc(F)c2)NC(=O)c2ccc3oc(C)nc3c2)c1. The van der Waals surface area contributed by atoms with Gasteiger partial charge in [-0.1, -0.05) is 31.2 Å². The van der Waals surface area contributed by atoms with Gasteiger partial charge >= 0.3 is 0 Å². The number of carbonyl (C=O) groups is 1.